The van der Waals surface area contributed by atoms with Gasteiger partial charge in [-0.3, -0.25) is 9.59 Å². The molecule has 2 heterocycles. The molecular weight excluding hydrogens is 434 g/mol. The van der Waals surface area contributed by atoms with Crippen molar-refractivity contribution in [1.82, 2.24) is 9.97 Å². The van der Waals surface area contributed by atoms with Crippen LogP contribution in [-0.2, 0) is 19.7 Å². The van der Waals surface area contributed by atoms with Gasteiger partial charge in [0.05, 0.1) is 37.0 Å². The lowest BCUT2D eigenvalue weighted by Gasteiger charge is -2.30. The monoisotopic (exact) mass is 469 g/mol. The van der Waals surface area contributed by atoms with Gasteiger partial charge in [-0.2, -0.15) is 0 Å². The van der Waals surface area contributed by atoms with Crippen molar-refractivity contribution in [2.24, 2.45) is 11.3 Å². The molecule has 3 rings (SSSR count). The Morgan fingerprint density at radius 3 is 2.35 bits per heavy atom. The van der Waals surface area contributed by atoms with Crippen molar-refractivity contribution < 1.29 is 23.8 Å². The highest BCUT2D eigenvalue weighted by atomic mass is 16.6. The molecule has 34 heavy (non-hydrogen) atoms. The number of nitrogens with zero attached hydrogens (tertiary/aromatic N) is 2. The molecule has 0 saturated carbocycles. The van der Waals surface area contributed by atoms with E-state index in [0.29, 0.717) is 18.0 Å². The average Bonchev–Trinajstić information content (AvgIpc) is 3.01. The Balaban J connectivity index is 1.70. The first-order valence-electron chi connectivity index (χ1n) is 11.4. The summed E-state index contributed by atoms with van der Waals surface area (Å²) in [6.07, 6.45) is 2.95. The fourth-order valence-corrected chi connectivity index (χ4v) is 3.82. The van der Waals surface area contributed by atoms with Crippen LogP contribution in [-0.4, -0.2) is 34.1 Å². The van der Waals surface area contributed by atoms with Gasteiger partial charge in [0.25, 0.3) is 0 Å². The number of nitrogens with one attached hydrogen (secondary N) is 1. The number of carbonyl (C=O) groups excluding carboxylic acids is 2. The van der Waals surface area contributed by atoms with Crippen LogP contribution in [0.15, 0.2) is 30.6 Å². The second-order valence-electron chi connectivity index (χ2n) is 11.4. The highest BCUT2D eigenvalue weighted by Gasteiger charge is 2.36. The van der Waals surface area contributed by atoms with Crippen LogP contribution in [0.4, 0.5) is 5.69 Å². The zero-order valence-corrected chi connectivity index (χ0v) is 21.3. The molecule has 8 nitrogen and oxygen atoms in total. The minimum Gasteiger partial charge on any atom is -0.492 e. The van der Waals surface area contributed by atoms with E-state index in [-0.39, 0.29) is 23.8 Å². The van der Waals surface area contributed by atoms with Crippen molar-refractivity contribution in [3.63, 3.8) is 0 Å². The van der Waals surface area contributed by atoms with Crippen molar-refractivity contribution in [2.45, 2.75) is 72.8 Å². The highest BCUT2D eigenvalue weighted by molar-refractivity contribution is 5.94. The number of benzene rings is 1. The summed E-state index contributed by atoms with van der Waals surface area (Å²) in [7, 11) is 0. The second kappa shape index (κ2) is 9.24. The van der Waals surface area contributed by atoms with Crippen LogP contribution in [0.1, 0.15) is 67.4 Å². The average molecular weight is 470 g/mol. The number of hydrogen-bond acceptors (Lipinski definition) is 7. The van der Waals surface area contributed by atoms with Crippen LogP contribution in [0.3, 0.4) is 0 Å². The van der Waals surface area contributed by atoms with Crippen LogP contribution in [0, 0.1) is 11.3 Å². The summed E-state index contributed by atoms with van der Waals surface area (Å²) in [6.45, 7) is 15.9. The van der Waals surface area contributed by atoms with E-state index in [4.69, 9.17) is 14.2 Å². The van der Waals surface area contributed by atoms with Gasteiger partial charge in [-0.1, -0.05) is 40.7 Å². The number of anilines is 1. The molecule has 1 aromatic heterocycles. The number of amides is 1. The Labute approximate surface area is 201 Å². The normalized spacial score (nSPS) is 15.6. The molecule has 0 bridgehead atoms. The van der Waals surface area contributed by atoms with E-state index in [1.807, 2.05) is 39.0 Å². The largest absolute Gasteiger partial charge is 0.492 e. The fourth-order valence-electron chi connectivity index (χ4n) is 3.82. The smallest absolute Gasteiger partial charge is 0.322 e. The SMILES string of the molecule is CC(C)(C)OC(=O)C[C@@H](C(=O)Nc1cnc(Oc2cccc3c2C(C)(C)CO3)nc1)C(C)(C)C. The van der Waals surface area contributed by atoms with Gasteiger partial charge in [0.1, 0.15) is 17.1 Å². The number of aromatic nitrogens is 2. The molecule has 1 aliphatic heterocycles. The predicted molar refractivity (Wildman–Crippen MR) is 129 cm³/mol. The van der Waals surface area contributed by atoms with Gasteiger partial charge in [-0.15, -0.1) is 0 Å². The number of carbonyl (C=O) groups is 2. The van der Waals surface area contributed by atoms with Crippen molar-refractivity contribution in [1.29, 1.82) is 0 Å². The topological polar surface area (TPSA) is 99.6 Å². The van der Waals surface area contributed by atoms with E-state index in [9.17, 15) is 9.59 Å². The summed E-state index contributed by atoms with van der Waals surface area (Å²) in [5, 5.41) is 2.82. The molecule has 1 aromatic carbocycles. The van der Waals surface area contributed by atoms with E-state index in [0.717, 1.165) is 11.3 Å². The molecule has 184 valence electrons. The molecule has 1 N–H and O–H groups in total. The van der Waals surface area contributed by atoms with Crippen molar-refractivity contribution >= 4 is 17.6 Å². The van der Waals surface area contributed by atoms with Gasteiger partial charge in [-0.05, 0) is 38.3 Å². The molecule has 8 heteroatoms. The molecule has 0 aliphatic carbocycles. The van der Waals surface area contributed by atoms with Crippen molar-refractivity contribution in [2.75, 3.05) is 11.9 Å². The van der Waals surface area contributed by atoms with Gasteiger partial charge < -0.3 is 19.5 Å². The molecule has 0 spiro atoms. The van der Waals surface area contributed by atoms with Crippen LogP contribution in [0.5, 0.6) is 17.5 Å². The number of fused-ring (bicyclic) bond motifs is 1. The molecule has 0 saturated heterocycles. The van der Waals surface area contributed by atoms with Gasteiger partial charge in [0.15, 0.2) is 0 Å². The molecular formula is C26H35N3O5. The maximum atomic E-state index is 13.0. The van der Waals surface area contributed by atoms with E-state index in [1.165, 1.54) is 12.4 Å². The zero-order valence-electron chi connectivity index (χ0n) is 21.3. The van der Waals surface area contributed by atoms with Gasteiger partial charge in [0, 0.05) is 11.0 Å². The number of hydrogen-bond donors (Lipinski definition) is 1. The van der Waals surface area contributed by atoms with Crippen molar-refractivity contribution in [3.05, 3.63) is 36.2 Å². The van der Waals surface area contributed by atoms with Gasteiger partial charge >= 0.3 is 12.0 Å². The van der Waals surface area contributed by atoms with Crippen molar-refractivity contribution in [3.8, 4) is 17.5 Å². The highest BCUT2D eigenvalue weighted by Crippen LogP contribution is 2.45. The molecule has 1 aliphatic rings. The summed E-state index contributed by atoms with van der Waals surface area (Å²) < 4.78 is 17.1. The maximum Gasteiger partial charge on any atom is 0.322 e. The Kier molecular flexibility index (Phi) is 6.92. The summed E-state index contributed by atoms with van der Waals surface area (Å²) >= 11 is 0. The lowest BCUT2D eigenvalue weighted by Crippen LogP contribution is -2.36. The summed E-state index contributed by atoms with van der Waals surface area (Å²) in [5.41, 5.74) is 0.146. The van der Waals surface area contributed by atoms with Crippen LogP contribution in [0.25, 0.3) is 0 Å². The third-order valence-electron chi connectivity index (χ3n) is 5.50. The lowest BCUT2D eigenvalue weighted by molar-refractivity contribution is -0.158. The first-order valence-corrected chi connectivity index (χ1v) is 11.4. The third-order valence-corrected chi connectivity index (χ3v) is 5.50. The number of esters is 1. The third kappa shape index (κ3) is 6.24. The molecule has 2 aromatic rings. The minimum absolute atomic E-state index is 0.0222. The predicted octanol–water partition coefficient (Wildman–Crippen LogP) is 5.27. The quantitative estimate of drug-likeness (QED) is 0.575. The Bertz CT molecular complexity index is 1050. The fraction of sp³-hybridized carbons (Fsp3) is 0.538. The molecule has 0 fully saturated rings. The van der Waals surface area contributed by atoms with Gasteiger partial charge in [0.2, 0.25) is 5.91 Å². The number of ether oxygens (including phenoxy) is 3. The summed E-state index contributed by atoms with van der Waals surface area (Å²) in [4.78, 5) is 33.9. The maximum absolute atomic E-state index is 13.0. The Hall–Kier alpha value is -3.16. The second-order valence-corrected chi connectivity index (χ2v) is 11.4. The van der Waals surface area contributed by atoms with Gasteiger partial charge in [-0.25, -0.2) is 9.97 Å². The van der Waals surface area contributed by atoms with E-state index in [2.05, 4.69) is 29.1 Å². The standard InChI is InChI=1S/C26H35N3O5/c1-24(2,3)17(12-20(30)34-25(4,5)6)22(31)29-16-13-27-23(28-14-16)33-19-11-9-10-18-21(19)26(7,8)15-32-18/h9-11,13-14,17H,12,15H2,1-8H3,(H,29,31)/t17-/m0/s1. The van der Waals surface area contributed by atoms with Crippen LogP contribution < -0.4 is 14.8 Å². The first-order chi connectivity index (χ1) is 15.7. The molecule has 0 unspecified atom stereocenters. The van der Waals surface area contributed by atoms with Crippen LogP contribution in [0.2, 0.25) is 0 Å². The zero-order chi connectivity index (χ0) is 25.3. The molecule has 0 radical (unpaired) electrons. The first kappa shape index (κ1) is 25.5. The van der Waals surface area contributed by atoms with E-state index >= 15 is 0 Å². The molecule has 1 amide bonds. The summed E-state index contributed by atoms with van der Waals surface area (Å²) in [5.74, 6) is 0.138. The van der Waals surface area contributed by atoms with E-state index in [1.54, 1.807) is 20.8 Å². The Morgan fingerprint density at radius 2 is 1.76 bits per heavy atom. The van der Waals surface area contributed by atoms with Crippen LogP contribution >= 0.6 is 0 Å². The summed E-state index contributed by atoms with van der Waals surface area (Å²) in [6, 6.07) is 5.80. The lowest BCUT2D eigenvalue weighted by atomic mass is 9.78. The Morgan fingerprint density at radius 1 is 1.12 bits per heavy atom. The molecule has 1 atom stereocenters. The minimum atomic E-state index is -0.611. The number of rotatable bonds is 6. The van der Waals surface area contributed by atoms with E-state index < -0.39 is 22.9 Å².